The molecule has 0 aliphatic heterocycles. The zero-order chi connectivity index (χ0) is 25.3. The average molecular weight is 502 g/mol. The summed E-state index contributed by atoms with van der Waals surface area (Å²) in [5.41, 5.74) is 4.36. The highest BCUT2D eigenvalue weighted by Crippen LogP contribution is 2.26. The van der Waals surface area contributed by atoms with Crippen LogP contribution in [0.2, 0.25) is 5.02 Å². The lowest BCUT2D eigenvalue weighted by molar-refractivity contribution is 0.0518. The molecule has 4 rings (SSSR count). The maximum atomic E-state index is 12.6. The lowest BCUT2D eigenvalue weighted by Crippen LogP contribution is -2.24. The number of aryl methyl sites for hydroxylation is 1. The third-order valence-electron chi connectivity index (χ3n) is 5.73. The second-order valence-corrected chi connectivity index (χ2v) is 8.74. The Morgan fingerprint density at radius 3 is 2.36 bits per heavy atom. The first-order valence-corrected chi connectivity index (χ1v) is 12.4. The van der Waals surface area contributed by atoms with Crippen molar-refractivity contribution in [3.8, 4) is 16.9 Å². The van der Waals surface area contributed by atoms with Crippen molar-refractivity contribution in [2.75, 3.05) is 13.2 Å². The van der Waals surface area contributed by atoms with E-state index in [1.807, 2.05) is 42.5 Å². The molecule has 4 aromatic rings. The van der Waals surface area contributed by atoms with Crippen LogP contribution in [-0.2, 0) is 11.2 Å². The molecule has 0 unspecified atom stereocenters. The van der Waals surface area contributed by atoms with Crippen molar-refractivity contribution >= 4 is 23.5 Å². The Kier molecular flexibility index (Phi) is 8.53. The SMILES string of the molecule is CCOC(=O)c1cc(-c2ccc(Cl)cc2)n(-c2ccc(C(=O)NCCCCc3ccccc3)cc2)n1. The van der Waals surface area contributed by atoms with Gasteiger partial charge in [-0.05, 0) is 74.2 Å². The summed E-state index contributed by atoms with van der Waals surface area (Å²) in [7, 11) is 0. The van der Waals surface area contributed by atoms with Crippen LogP contribution >= 0.6 is 11.6 Å². The van der Waals surface area contributed by atoms with Crippen LogP contribution in [0.5, 0.6) is 0 Å². The maximum Gasteiger partial charge on any atom is 0.358 e. The van der Waals surface area contributed by atoms with Gasteiger partial charge in [0.05, 0.1) is 18.0 Å². The van der Waals surface area contributed by atoms with Gasteiger partial charge in [-0.2, -0.15) is 5.10 Å². The highest BCUT2D eigenvalue weighted by atomic mass is 35.5. The summed E-state index contributed by atoms with van der Waals surface area (Å²) in [4.78, 5) is 24.9. The molecule has 0 radical (unpaired) electrons. The van der Waals surface area contributed by atoms with Crippen molar-refractivity contribution < 1.29 is 14.3 Å². The van der Waals surface area contributed by atoms with Gasteiger partial charge in [0.25, 0.3) is 5.91 Å². The second-order valence-electron chi connectivity index (χ2n) is 8.30. The van der Waals surface area contributed by atoms with Crippen LogP contribution < -0.4 is 5.32 Å². The normalized spacial score (nSPS) is 10.7. The summed E-state index contributed by atoms with van der Waals surface area (Å²) >= 11 is 6.05. The zero-order valence-electron chi connectivity index (χ0n) is 20.1. The minimum absolute atomic E-state index is 0.119. The van der Waals surface area contributed by atoms with Crippen LogP contribution in [0, 0.1) is 0 Å². The maximum absolute atomic E-state index is 12.6. The third-order valence-corrected chi connectivity index (χ3v) is 5.98. The highest BCUT2D eigenvalue weighted by molar-refractivity contribution is 6.30. The van der Waals surface area contributed by atoms with E-state index in [0.29, 0.717) is 22.8 Å². The molecule has 7 heteroatoms. The molecule has 184 valence electrons. The molecular formula is C29H28ClN3O3. The fourth-order valence-electron chi connectivity index (χ4n) is 3.87. The number of nitrogens with zero attached hydrogens (tertiary/aromatic N) is 2. The van der Waals surface area contributed by atoms with Crippen LogP contribution in [0.1, 0.15) is 46.2 Å². The standard InChI is InChI=1S/C29H28ClN3O3/c1-2-36-29(35)26-20-27(22-11-15-24(30)16-12-22)33(32-26)25-17-13-23(14-18-25)28(34)31-19-7-6-10-21-8-4-3-5-9-21/h3-5,8-9,11-18,20H,2,6-7,10,19H2,1H3,(H,31,34). The quantitative estimate of drug-likeness (QED) is 0.210. The monoisotopic (exact) mass is 501 g/mol. The molecule has 1 amide bonds. The molecule has 0 atom stereocenters. The predicted octanol–water partition coefficient (Wildman–Crippen LogP) is 6.12. The Morgan fingerprint density at radius 2 is 1.67 bits per heavy atom. The van der Waals surface area contributed by atoms with Gasteiger partial charge >= 0.3 is 5.97 Å². The van der Waals surface area contributed by atoms with Gasteiger partial charge in [0.1, 0.15) is 0 Å². The van der Waals surface area contributed by atoms with E-state index >= 15 is 0 Å². The molecule has 36 heavy (non-hydrogen) atoms. The van der Waals surface area contributed by atoms with Crippen LogP contribution in [0.4, 0.5) is 0 Å². The molecule has 1 aromatic heterocycles. The number of benzene rings is 3. The van der Waals surface area contributed by atoms with Crippen LogP contribution in [0.3, 0.4) is 0 Å². The lowest BCUT2D eigenvalue weighted by atomic mass is 10.1. The molecule has 0 saturated carbocycles. The Bertz CT molecular complexity index is 1300. The number of ether oxygens (including phenoxy) is 1. The summed E-state index contributed by atoms with van der Waals surface area (Å²) in [6.07, 6.45) is 2.92. The molecule has 0 fully saturated rings. The first-order chi connectivity index (χ1) is 17.5. The zero-order valence-corrected chi connectivity index (χ0v) is 20.9. The molecule has 0 spiro atoms. The van der Waals surface area contributed by atoms with Gasteiger partial charge < -0.3 is 10.1 Å². The van der Waals surface area contributed by atoms with Crippen molar-refractivity contribution in [2.24, 2.45) is 0 Å². The number of amides is 1. The van der Waals surface area contributed by atoms with E-state index in [1.165, 1.54) is 5.56 Å². The van der Waals surface area contributed by atoms with E-state index in [4.69, 9.17) is 16.3 Å². The van der Waals surface area contributed by atoms with Crippen LogP contribution in [0.15, 0.2) is 84.9 Å². The number of hydrogen-bond donors (Lipinski definition) is 1. The van der Waals surface area contributed by atoms with Gasteiger partial charge in [0, 0.05) is 22.7 Å². The average Bonchev–Trinajstić information content (AvgIpc) is 3.35. The van der Waals surface area contributed by atoms with Gasteiger partial charge in [-0.1, -0.05) is 54.1 Å². The number of rotatable bonds is 10. The van der Waals surface area contributed by atoms with Crippen LogP contribution in [-0.4, -0.2) is 34.8 Å². The Balaban J connectivity index is 1.43. The molecule has 1 N–H and O–H groups in total. The Hall–Kier alpha value is -3.90. The first-order valence-electron chi connectivity index (χ1n) is 12.0. The summed E-state index contributed by atoms with van der Waals surface area (Å²) in [5, 5.41) is 8.08. The largest absolute Gasteiger partial charge is 0.461 e. The minimum Gasteiger partial charge on any atom is -0.461 e. The van der Waals surface area contributed by atoms with Crippen molar-refractivity contribution in [1.82, 2.24) is 15.1 Å². The van der Waals surface area contributed by atoms with Gasteiger partial charge in [-0.3, -0.25) is 4.79 Å². The van der Waals surface area contributed by atoms with E-state index in [-0.39, 0.29) is 18.2 Å². The number of halogens is 1. The number of hydrogen-bond acceptors (Lipinski definition) is 4. The molecule has 0 bridgehead atoms. The molecule has 1 heterocycles. The molecule has 0 aliphatic rings. The van der Waals surface area contributed by atoms with Crippen molar-refractivity contribution in [3.63, 3.8) is 0 Å². The number of aromatic nitrogens is 2. The van der Waals surface area contributed by atoms with E-state index in [0.717, 1.165) is 30.5 Å². The summed E-state index contributed by atoms with van der Waals surface area (Å²) in [5.74, 6) is -0.610. The Labute approximate surface area is 215 Å². The lowest BCUT2D eigenvalue weighted by Gasteiger charge is -2.09. The van der Waals surface area contributed by atoms with Crippen molar-refractivity contribution in [2.45, 2.75) is 26.2 Å². The number of esters is 1. The third kappa shape index (κ3) is 6.40. The van der Waals surface area contributed by atoms with E-state index < -0.39 is 5.97 Å². The second kappa shape index (κ2) is 12.2. The number of unbranched alkanes of at least 4 members (excludes halogenated alkanes) is 1. The number of carbonyl (C=O) groups is 2. The van der Waals surface area contributed by atoms with Gasteiger partial charge in [-0.15, -0.1) is 0 Å². The van der Waals surface area contributed by atoms with Crippen LogP contribution in [0.25, 0.3) is 16.9 Å². The molecule has 3 aromatic carbocycles. The molecule has 0 saturated heterocycles. The van der Waals surface area contributed by atoms with Crippen molar-refractivity contribution in [3.05, 3.63) is 107 Å². The summed E-state index contributed by atoms with van der Waals surface area (Å²) in [6.45, 7) is 2.64. The number of carbonyl (C=O) groups excluding carboxylic acids is 2. The highest BCUT2D eigenvalue weighted by Gasteiger charge is 2.18. The van der Waals surface area contributed by atoms with E-state index in [2.05, 4.69) is 22.5 Å². The molecule has 0 aliphatic carbocycles. The fourth-order valence-corrected chi connectivity index (χ4v) is 3.99. The van der Waals surface area contributed by atoms with Crippen molar-refractivity contribution in [1.29, 1.82) is 0 Å². The Morgan fingerprint density at radius 1 is 0.944 bits per heavy atom. The van der Waals surface area contributed by atoms with Gasteiger partial charge in [-0.25, -0.2) is 9.48 Å². The van der Waals surface area contributed by atoms with Gasteiger partial charge in [0.15, 0.2) is 5.69 Å². The summed E-state index contributed by atoms with van der Waals surface area (Å²) in [6, 6.07) is 26.5. The predicted molar refractivity (Wildman–Crippen MR) is 142 cm³/mol. The topological polar surface area (TPSA) is 73.2 Å². The first kappa shape index (κ1) is 25.2. The minimum atomic E-state index is -0.491. The van der Waals surface area contributed by atoms with E-state index in [9.17, 15) is 9.59 Å². The summed E-state index contributed by atoms with van der Waals surface area (Å²) < 4.78 is 6.80. The smallest absolute Gasteiger partial charge is 0.358 e. The van der Waals surface area contributed by atoms with E-state index in [1.54, 1.807) is 41.9 Å². The van der Waals surface area contributed by atoms with Gasteiger partial charge in [0.2, 0.25) is 0 Å². The fraction of sp³-hybridized carbons (Fsp3) is 0.207. The molecule has 6 nitrogen and oxygen atoms in total. The number of nitrogens with one attached hydrogen (secondary N) is 1. The molecular weight excluding hydrogens is 474 g/mol.